The van der Waals surface area contributed by atoms with Gasteiger partial charge in [-0.3, -0.25) is 0 Å². The van der Waals surface area contributed by atoms with Gasteiger partial charge in [-0.15, -0.1) is 0 Å². The van der Waals surface area contributed by atoms with Crippen LogP contribution in [-0.2, 0) is 0 Å². The highest BCUT2D eigenvalue weighted by Crippen LogP contribution is 2.33. The molecule has 1 aliphatic rings. The SMILES string of the molecule is CCCN(CC1CC1)c1ccccc1[C@H](C)O. The third-order valence-corrected chi connectivity index (χ3v) is 3.40. The molecule has 0 aromatic heterocycles. The van der Waals surface area contributed by atoms with Crippen molar-refractivity contribution >= 4 is 5.69 Å². The molecule has 0 aliphatic heterocycles. The largest absolute Gasteiger partial charge is 0.389 e. The molecule has 94 valence electrons. The third-order valence-electron chi connectivity index (χ3n) is 3.40. The van der Waals surface area contributed by atoms with Gasteiger partial charge in [0, 0.05) is 24.3 Å². The molecule has 2 heteroatoms. The molecule has 0 unspecified atom stereocenters. The fourth-order valence-electron chi connectivity index (χ4n) is 2.32. The van der Waals surface area contributed by atoms with E-state index < -0.39 is 0 Å². The monoisotopic (exact) mass is 233 g/mol. The lowest BCUT2D eigenvalue weighted by molar-refractivity contribution is 0.199. The summed E-state index contributed by atoms with van der Waals surface area (Å²) >= 11 is 0. The standard InChI is InChI=1S/C15H23NO/c1-3-10-16(11-13-8-9-13)15-7-5-4-6-14(15)12(2)17/h4-7,12-13,17H,3,8-11H2,1-2H3/t12-/m0/s1. The molecule has 0 spiro atoms. The summed E-state index contributed by atoms with van der Waals surface area (Å²) in [5, 5.41) is 9.84. The van der Waals surface area contributed by atoms with Crippen molar-refractivity contribution in [3.63, 3.8) is 0 Å². The molecular formula is C15H23NO. The van der Waals surface area contributed by atoms with E-state index in [1.807, 2.05) is 19.1 Å². The van der Waals surface area contributed by atoms with E-state index in [1.54, 1.807) is 0 Å². The Balaban J connectivity index is 2.20. The molecule has 1 aliphatic carbocycles. The van der Waals surface area contributed by atoms with Crippen LogP contribution >= 0.6 is 0 Å². The number of hydrogen-bond acceptors (Lipinski definition) is 2. The van der Waals surface area contributed by atoms with Crippen molar-refractivity contribution in [1.82, 2.24) is 0 Å². The van der Waals surface area contributed by atoms with Crippen LogP contribution in [0.15, 0.2) is 24.3 Å². The molecule has 1 aromatic carbocycles. The lowest BCUT2D eigenvalue weighted by Gasteiger charge is -2.27. The minimum absolute atomic E-state index is 0.384. The number of benzene rings is 1. The van der Waals surface area contributed by atoms with Gasteiger partial charge in [-0.2, -0.15) is 0 Å². The van der Waals surface area contributed by atoms with Crippen LogP contribution in [0.1, 0.15) is 44.8 Å². The normalized spacial score (nSPS) is 16.9. The summed E-state index contributed by atoms with van der Waals surface area (Å²) in [7, 11) is 0. The van der Waals surface area contributed by atoms with Crippen molar-refractivity contribution < 1.29 is 5.11 Å². The topological polar surface area (TPSA) is 23.5 Å². The van der Waals surface area contributed by atoms with Crippen LogP contribution in [0.2, 0.25) is 0 Å². The van der Waals surface area contributed by atoms with Gasteiger partial charge in [0.1, 0.15) is 0 Å². The Morgan fingerprint density at radius 1 is 1.35 bits per heavy atom. The van der Waals surface area contributed by atoms with Crippen LogP contribution in [-0.4, -0.2) is 18.2 Å². The first-order valence-corrected chi connectivity index (χ1v) is 6.74. The predicted molar refractivity (Wildman–Crippen MR) is 72.3 cm³/mol. The number of hydrogen-bond donors (Lipinski definition) is 1. The number of aliphatic hydroxyl groups is 1. The predicted octanol–water partition coefficient (Wildman–Crippen LogP) is 3.37. The summed E-state index contributed by atoms with van der Waals surface area (Å²) in [5.74, 6) is 0.878. The van der Waals surface area contributed by atoms with Crippen molar-refractivity contribution in [2.75, 3.05) is 18.0 Å². The Hall–Kier alpha value is -1.02. The molecular weight excluding hydrogens is 210 g/mol. The summed E-state index contributed by atoms with van der Waals surface area (Å²) in [6, 6.07) is 8.25. The van der Waals surface area contributed by atoms with Gasteiger partial charge >= 0.3 is 0 Å². The summed E-state index contributed by atoms with van der Waals surface area (Å²) in [5.41, 5.74) is 2.28. The van der Waals surface area contributed by atoms with Crippen LogP contribution < -0.4 is 4.90 Å². The second-order valence-corrected chi connectivity index (χ2v) is 5.12. The van der Waals surface area contributed by atoms with Crippen LogP contribution in [0.25, 0.3) is 0 Å². The van der Waals surface area contributed by atoms with E-state index in [1.165, 1.54) is 18.5 Å². The maximum Gasteiger partial charge on any atom is 0.0781 e. The zero-order valence-corrected chi connectivity index (χ0v) is 10.9. The number of aliphatic hydroxyl groups excluding tert-OH is 1. The highest BCUT2D eigenvalue weighted by atomic mass is 16.3. The molecule has 0 amide bonds. The molecule has 1 saturated carbocycles. The Morgan fingerprint density at radius 3 is 2.65 bits per heavy atom. The van der Waals surface area contributed by atoms with Crippen molar-refractivity contribution in [3.8, 4) is 0 Å². The van der Waals surface area contributed by atoms with Gasteiger partial charge < -0.3 is 10.0 Å². The molecule has 1 aromatic rings. The minimum Gasteiger partial charge on any atom is -0.389 e. The molecule has 0 saturated heterocycles. The third kappa shape index (κ3) is 3.22. The average molecular weight is 233 g/mol. The first-order chi connectivity index (χ1) is 8.22. The molecule has 1 N–H and O–H groups in total. The molecule has 2 rings (SSSR count). The lowest BCUT2D eigenvalue weighted by Crippen LogP contribution is -2.27. The van der Waals surface area contributed by atoms with Gasteiger partial charge in [-0.25, -0.2) is 0 Å². The summed E-state index contributed by atoms with van der Waals surface area (Å²) in [6.07, 6.45) is 3.51. The maximum atomic E-state index is 9.84. The molecule has 17 heavy (non-hydrogen) atoms. The van der Waals surface area contributed by atoms with Gasteiger partial charge in [0.05, 0.1) is 6.10 Å². The quantitative estimate of drug-likeness (QED) is 0.814. The second-order valence-electron chi connectivity index (χ2n) is 5.12. The Morgan fingerprint density at radius 2 is 2.06 bits per heavy atom. The Kier molecular flexibility index (Phi) is 4.06. The molecule has 0 bridgehead atoms. The Bertz CT molecular complexity index is 358. The number of anilines is 1. The van der Waals surface area contributed by atoms with E-state index in [0.717, 1.165) is 31.0 Å². The van der Waals surface area contributed by atoms with E-state index in [0.29, 0.717) is 0 Å². The van der Waals surface area contributed by atoms with Gasteiger partial charge in [0.2, 0.25) is 0 Å². The smallest absolute Gasteiger partial charge is 0.0781 e. The van der Waals surface area contributed by atoms with Gasteiger partial charge in [0.25, 0.3) is 0 Å². The minimum atomic E-state index is -0.384. The van der Waals surface area contributed by atoms with Gasteiger partial charge in [-0.05, 0) is 38.2 Å². The second kappa shape index (κ2) is 5.54. The molecule has 0 heterocycles. The maximum absolute atomic E-state index is 9.84. The van der Waals surface area contributed by atoms with E-state index in [9.17, 15) is 5.11 Å². The molecule has 0 radical (unpaired) electrons. The molecule has 2 nitrogen and oxygen atoms in total. The zero-order valence-electron chi connectivity index (χ0n) is 10.9. The van der Waals surface area contributed by atoms with Crippen molar-refractivity contribution in [1.29, 1.82) is 0 Å². The Labute approximate surface area is 104 Å². The first-order valence-electron chi connectivity index (χ1n) is 6.74. The van der Waals surface area contributed by atoms with Crippen molar-refractivity contribution in [3.05, 3.63) is 29.8 Å². The number of rotatable bonds is 6. The molecule has 1 fully saturated rings. The summed E-state index contributed by atoms with van der Waals surface area (Å²) in [6.45, 7) is 6.29. The van der Waals surface area contributed by atoms with E-state index in [2.05, 4.69) is 24.0 Å². The van der Waals surface area contributed by atoms with Gasteiger partial charge in [0.15, 0.2) is 0 Å². The van der Waals surface area contributed by atoms with Crippen LogP contribution in [0.4, 0.5) is 5.69 Å². The number of nitrogens with zero attached hydrogens (tertiary/aromatic N) is 1. The fraction of sp³-hybridized carbons (Fsp3) is 0.600. The van der Waals surface area contributed by atoms with E-state index in [-0.39, 0.29) is 6.10 Å². The van der Waals surface area contributed by atoms with E-state index >= 15 is 0 Å². The van der Waals surface area contributed by atoms with Crippen LogP contribution in [0, 0.1) is 5.92 Å². The summed E-state index contributed by atoms with van der Waals surface area (Å²) < 4.78 is 0. The van der Waals surface area contributed by atoms with Crippen molar-refractivity contribution in [2.24, 2.45) is 5.92 Å². The van der Waals surface area contributed by atoms with E-state index in [4.69, 9.17) is 0 Å². The summed E-state index contributed by atoms with van der Waals surface area (Å²) in [4.78, 5) is 2.44. The molecule has 1 atom stereocenters. The zero-order chi connectivity index (χ0) is 12.3. The van der Waals surface area contributed by atoms with Gasteiger partial charge in [-0.1, -0.05) is 25.1 Å². The first kappa shape index (κ1) is 12.4. The fourth-order valence-corrected chi connectivity index (χ4v) is 2.32. The van der Waals surface area contributed by atoms with Crippen LogP contribution in [0.5, 0.6) is 0 Å². The number of para-hydroxylation sites is 1. The van der Waals surface area contributed by atoms with Crippen molar-refractivity contribution in [2.45, 2.75) is 39.2 Å². The van der Waals surface area contributed by atoms with Crippen LogP contribution in [0.3, 0.4) is 0 Å². The highest BCUT2D eigenvalue weighted by Gasteiger charge is 2.25. The average Bonchev–Trinajstić information content (AvgIpc) is 3.12. The highest BCUT2D eigenvalue weighted by molar-refractivity contribution is 5.54. The lowest BCUT2D eigenvalue weighted by atomic mass is 10.1.